The number of aryl methyl sites for hydroxylation is 1. The van der Waals surface area contributed by atoms with E-state index in [1.807, 2.05) is 13.0 Å². The Bertz CT molecular complexity index is 617. The van der Waals surface area contributed by atoms with E-state index >= 15 is 0 Å². The van der Waals surface area contributed by atoms with Crippen LogP contribution in [0.15, 0.2) is 24.3 Å². The summed E-state index contributed by atoms with van der Waals surface area (Å²) in [7, 11) is 0. The summed E-state index contributed by atoms with van der Waals surface area (Å²) in [5, 5.41) is 3.22. The molecule has 5 heteroatoms. The summed E-state index contributed by atoms with van der Waals surface area (Å²) in [6, 6.07) is 8.53. The minimum Gasteiger partial charge on any atom is -0.466 e. The Morgan fingerprint density at radius 2 is 2.08 bits per heavy atom. The van der Waals surface area contributed by atoms with Crippen molar-refractivity contribution in [2.45, 2.75) is 45.1 Å². The molecule has 0 spiro atoms. The van der Waals surface area contributed by atoms with Crippen LogP contribution in [0.1, 0.15) is 49.8 Å². The zero-order chi connectivity index (χ0) is 17.6. The summed E-state index contributed by atoms with van der Waals surface area (Å²) in [4.78, 5) is 25.7. The number of ether oxygens (including phenoxy) is 1. The Morgan fingerprint density at radius 3 is 2.92 bits per heavy atom. The number of quaternary nitrogens is 1. The number of fused-ring (bicyclic) bond motifs is 1. The molecule has 0 radical (unpaired) electrons. The third kappa shape index (κ3) is 4.60. The number of piperidine rings is 1. The predicted molar refractivity (Wildman–Crippen MR) is 95.2 cm³/mol. The molecule has 1 aromatic rings. The molecule has 1 saturated heterocycles. The van der Waals surface area contributed by atoms with Gasteiger partial charge in [-0.05, 0) is 50.2 Å². The van der Waals surface area contributed by atoms with Crippen molar-refractivity contribution >= 4 is 11.9 Å². The standard InChI is InChI=1S/C20H28N2O3/c1-2-25-20(24)16-9-6-12-22(13-16)14-19(23)21-18-11-5-8-15-7-3-4-10-17(15)18/h3-4,7,10,16,18H,2,5-6,8-9,11-14H2,1H3,(H,21,23)/p+1/t16-,18-/m1/s1. The molecule has 1 unspecified atom stereocenters. The van der Waals surface area contributed by atoms with Gasteiger partial charge in [-0.1, -0.05) is 24.3 Å². The van der Waals surface area contributed by atoms with E-state index in [0.29, 0.717) is 19.7 Å². The molecule has 1 aliphatic carbocycles. The van der Waals surface area contributed by atoms with Crippen LogP contribution >= 0.6 is 0 Å². The molecule has 1 aromatic carbocycles. The minimum absolute atomic E-state index is 0.0630. The fourth-order valence-electron chi connectivity index (χ4n) is 4.15. The van der Waals surface area contributed by atoms with Gasteiger partial charge in [0.2, 0.25) is 0 Å². The third-order valence-electron chi connectivity index (χ3n) is 5.35. The molecule has 3 rings (SSSR count). The number of hydrogen-bond donors (Lipinski definition) is 2. The molecule has 0 aromatic heterocycles. The first-order valence-corrected chi connectivity index (χ1v) is 9.54. The first-order chi connectivity index (χ1) is 12.2. The van der Waals surface area contributed by atoms with Crippen molar-refractivity contribution in [1.29, 1.82) is 0 Å². The molecule has 3 atom stereocenters. The summed E-state index contributed by atoms with van der Waals surface area (Å²) < 4.78 is 5.14. The van der Waals surface area contributed by atoms with Gasteiger partial charge in [0.1, 0.15) is 5.92 Å². The molecule has 2 aliphatic rings. The fraction of sp³-hybridized carbons (Fsp3) is 0.600. The lowest BCUT2D eigenvalue weighted by Crippen LogP contribution is -3.14. The topological polar surface area (TPSA) is 59.8 Å². The van der Waals surface area contributed by atoms with Crippen LogP contribution in [-0.4, -0.2) is 38.1 Å². The fourth-order valence-corrected chi connectivity index (χ4v) is 4.15. The Kier molecular flexibility index (Phi) is 6.08. The second-order valence-electron chi connectivity index (χ2n) is 7.18. The molecule has 0 saturated carbocycles. The number of esters is 1. The average molecular weight is 345 g/mol. The predicted octanol–water partition coefficient (Wildman–Crippen LogP) is 1.04. The second-order valence-corrected chi connectivity index (χ2v) is 7.18. The van der Waals surface area contributed by atoms with Crippen molar-refractivity contribution in [3.63, 3.8) is 0 Å². The van der Waals surface area contributed by atoms with E-state index in [9.17, 15) is 9.59 Å². The van der Waals surface area contributed by atoms with Crippen molar-refractivity contribution in [3.05, 3.63) is 35.4 Å². The lowest BCUT2D eigenvalue weighted by atomic mass is 9.88. The number of amides is 1. The number of carbonyl (C=O) groups excluding carboxylic acids is 2. The molecule has 1 aliphatic heterocycles. The first-order valence-electron chi connectivity index (χ1n) is 9.54. The summed E-state index contributed by atoms with van der Waals surface area (Å²) in [5.41, 5.74) is 2.62. The van der Waals surface area contributed by atoms with Crippen LogP contribution in [0.4, 0.5) is 0 Å². The Labute approximate surface area is 149 Å². The second kappa shape index (κ2) is 8.48. The van der Waals surface area contributed by atoms with E-state index in [0.717, 1.165) is 38.6 Å². The molecule has 25 heavy (non-hydrogen) atoms. The zero-order valence-corrected chi connectivity index (χ0v) is 15.1. The quantitative estimate of drug-likeness (QED) is 0.784. The Morgan fingerprint density at radius 1 is 1.24 bits per heavy atom. The third-order valence-corrected chi connectivity index (χ3v) is 5.35. The molecule has 1 heterocycles. The summed E-state index contributed by atoms with van der Waals surface area (Å²) in [6.07, 6.45) is 5.06. The molecule has 0 bridgehead atoms. The van der Waals surface area contributed by atoms with Gasteiger partial charge in [-0.3, -0.25) is 9.59 Å². The van der Waals surface area contributed by atoms with E-state index in [1.165, 1.54) is 16.0 Å². The number of hydrogen-bond acceptors (Lipinski definition) is 3. The molecular formula is C20H29N2O3+. The maximum Gasteiger partial charge on any atom is 0.314 e. The smallest absolute Gasteiger partial charge is 0.314 e. The van der Waals surface area contributed by atoms with Crippen molar-refractivity contribution < 1.29 is 19.2 Å². The van der Waals surface area contributed by atoms with Crippen molar-refractivity contribution in [2.24, 2.45) is 5.92 Å². The largest absolute Gasteiger partial charge is 0.466 e. The van der Waals surface area contributed by atoms with Gasteiger partial charge in [0.05, 0.1) is 25.7 Å². The van der Waals surface area contributed by atoms with Crippen LogP contribution in [-0.2, 0) is 20.7 Å². The van der Waals surface area contributed by atoms with Gasteiger partial charge in [-0.2, -0.15) is 0 Å². The van der Waals surface area contributed by atoms with Crippen LogP contribution in [0.25, 0.3) is 0 Å². The summed E-state index contributed by atoms with van der Waals surface area (Å²) >= 11 is 0. The van der Waals surface area contributed by atoms with E-state index in [-0.39, 0.29) is 23.8 Å². The molecule has 5 nitrogen and oxygen atoms in total. The molecule has 1 amide bonds. The van der Waals surface area contributed by atoms with E-state index in [4.69, 9.17) is 4.74 Å². The van der Waals surface area contributed by atoms with Gasteiger partial charge in [0.15, 0.2) is 6.54 Å². The van der Waals surface area contributed by atoms with Gasteiger partial charge >= 0.3 is 5.97 Å². The average Bonchev–Trinajstić information content (AvgIpc) is 2.62. The van der Waals surface area contributed by atoms with Crippen molar-refractivity contribution in [3.8, 4) is 0 Å². The highest BCUT2D eigenvalue weighted by atomic mass is 16.5. The van der Waals surface area contributed by atoms with Gasteiger partial charge in [-0.15, -0.1) is 0 Å². The van der Waals surface area contributed by atoms with E-state index in [2.05, 4.69) is 23.5 Å². The number of carbonyl (C=O) groups is 2. The molecule has 136 valence electrons. The van der Waals surface area contributed by atoms with Crippen LogP contribution in [0.5, 0.6) is 0 Å². The monoisotopic (exact) mass is 345 g/mol. The maximum absolute atomic E-state index is 12.5. The lowest BCUT2D eigenvalue weighted by Gasteiger charge is -2.30. The minimum atomic E-state index is -0.110. The van der Waals surface area contributed by atoms with Crippen LogP contribution < -0.4 is 10.2 Å². The number of benzene rings is 1. The molecule has 1 fully saturated rings. The number of nitrogens with one attached hydrogen (secondary N) is 2. The Hall–Kier alpha value is -1.88. The van der Waals surface area contributed by atoms with Gasteiger partial charge in [0.25, 0.3) is 5.91 Å². The van der Waals surface area contributed by atoms with Crippen LogP contribution in [0.3, 0.4) is 0 Å². The van der Waals surface area contributed by atoms with Crippen LogP contribution in [0, 0.1) is 5.92 Å². The molecule has 2 N–H and O–H groups in total. The SMILES string of the molecule is CCOC(=O)[C@@H]1CCC[NH+](CC(=O)N[C@@H]2CCCc3ccccc32)C1. The Balaban J connectivity index is 1.54. The highest BCUT2D eigenvalue weighted by Gasteiger charge is 2.31. The number of rotatable bonds is 5. The van der Waals surface area contributed by atoms with Crippen molar-refractivity contribution in [2.75, 3.05) is 26.2 Å². The highest BCUT2D eigenvalue weighted by molar-refractivity contribution is 5.77. The zero-order valence-electron chi connectivity index (χ0n) is 15.1. The summed E-state index contributed by atoms with van der Waals surface area (Å²) in [6.45, 7) is 4.35. The van der Waals surface area contributed by atoms with E-state index < -0.39 is 0 Å². The van der Waals surface area contributed by atoms with Crippen LogP contribution in [0.2, 0.25) is 0 Å². The van der Waals surface area contributed by atoms with Gasteiger partial charge in [-0.25, -0.2) is 0 Å². The first kappa shape index (κ1) is 17.9. The maximum atomic E-state index is 12.5. The number of likely N-dealkylation sites (tertiary alicyclic amines) is 1. The highest BCUT2D eigenvalue weighted by Crippen LogP contribution is 2.29. The molecular weight excluding hydrogens is 316 g/mol. The normalized spacial score (nSPS) is 25.7. The van der Waals surface area contributed by atoms with Gasteiger partial charge < -0.3 is 15.0 Å². The van der Waals surface area contributed by atoms with Crippen molar-refractivity contribution in [1.82, 2.24) is 5.32 Å². The van der Waals surface area contributed by atoms with E-state index in [1.54, 1.807) is 0 Å². The van der Waals surface area contributed by atoms with Gasteiger partial charge in [0, 0.05) is 0 Å². The lowest BCUT2D eigenvalue weighted by molar-refractivity contribution is -0.899. The summed E-state index contributed by atoms with van der Waals surface area (Å²) in [5.74, 6) is -0.0885.